The number of hydrogen-bond donors (Lipinski definition) is 1. The number of carboxylic acid groups (broad SMARTS) is 1. The Kier molecular flexibility index (Phi) is 4.71. The van der Waals surface area contributed by atoms with Crippen LogP contribution in [0.25, 0.3) is 11.0 Å². The zero-order valence-corrected chi connectivity index (χ0v) is 11.6. The molecule has 6 nitrogen and oxygen atoms in total. The predicted octanol–water partition coefficient (Wildman–Crippen LogP) is 1.53. The Morgan fingerprint density at radius 2 is 2.14 bits per heavy atom. The lowest BCUT2D eigenvalue weighted by Crippen LogP contribution is -2.36. The number of carbonyl (C=O) groups is 2. The number of aromatic nitrogens is 2. The van der Waals surface area contributed by atoms with E-state index < -0.39 is 5.97 Å². The van der Waals surface area contributed by atoms with E-state index in [-0.39, 0.29) is 25.4 Å². The molecule has 21 heavy (non-hydrogen) atoms. The maximum Gasteiger partial charge on any atom is 0.323 e. The Balaban J connectivity index is 2.02. The third-order valence-electron chi connectivity index (χ3n) is 3.12. The van der Waals surface area contributed by atoms with Crippen molar-refractivity contribution in [1.82, 2.24) is 14.5 Å². The zero-order chi connectivity index (χ0) is 15.2. The van der Waals surface area contributed by atoms with Crippen molar-refractivity contribution in [3.8, 4) is 0 Å². The molecule has 0 aliphatic carbocycles. The highest BCUT2D eigenvalue weighted by atomic mass is 16.4. The van der Waals surface area contributed by atoms with Crippen LogP contribution in [0.2, 0.25) is 0 Å². The number of amides is 1. The summed E-state index contributed by atoms with van der Waals surface area (Å²) in [5, 5.41) is 8.81. The van der Waals surface area contributed by atoms with Gasteiger partial charge in [-0.05, 0) is 12.1 Å². The van der Waals surface area contributed by atoms with Gasteiger partial charge < -0.3 is 14.6 Å². The van der Waals surface area contributed by atoms with E-state index in [1.165, 1.54) is 11.0 Å². The molecule has 0 bridgehead atoms. The lowest BCUT2D eigenvalue weighted by atomic mass is 10.3. The first-order chi connectivity index (χ1) is 10.1. The van der Waals surface area contributed by atoms with Gasteiger partial charge in [0.05, 0.1) is 17.4 Å². The van der Waals surface area contributed by atoms with Gasteiger partial charge in [0.1, 0.15) is 6.54 Å². The van der Waals surface area contributed by atoms with Gasteiger partial charge in [0, 0.05) is 19.5 Å². The molecule has 0 aliphatic rings. The Morgan fingerprint density at radius 1 is 1.38 bits per heavy atom. The van der Waals surface area contributed by atoms with E-state index in [0.29, 0.717) is 6.54 Å². The number of aryl methyl sites for hydroxylation is 1. The van der Waals surface area contributed by atoms with Crippen molar-refractivity contribution < 1.29 is 14.7 Å². The SMILES string of the molecule is C=CCN(CC(=O)O)C(=O)CCn1cnc2ccccc21. The minimum absolute atomic E-state index is 0.213. The topological polar surface area (TPSA) is 75.4 Å². The molecule has 0 saturated heterocycles. The number of imidazole rings is 1. The summed E-state index contributed by atoms with van der Waals surface area (Å²) < 4.78 is 1.89. The van der Waals surface area contributed by atoms with Crippen LogP contribution in [0, 0.1) is 0 Å². The van der Waals surface area contributed by atoms with Gasteiger partial charge in [-0.2, -0.15) is 0 Å². The monoisotopic (exact) mass is 287 g/mol. The molecular formula is C15H17N3O3. The van der Waals surface area contributed by atoms with E-state index in [9.17, 15) is 9.59 Å². The van der Waals surface area contributed by atoms with Crippen LogP contribution in [0.1, 0.15) is 6.42 Å². The van der Waals surface area contributed by atoms with Gasteiger partial charge in [0.15, 0.2) is 0 Å². The van der Waals surface area contributed by atoms with Crippen LogP contribution in [0.4, 0.5) is 0 Å². The van der Waals surface area contributed by atoms with Gasteiger partial charge in [-0.25, -0.2) is 4.98 Å². The highest BCUT2D eigenvalue weighted by Crippen LogP contribution is 2.12. The third-order valence-corrected chi connectivity index (χ3v) is 3.12. The Hall–Kier alpha value is -2.63. The Labute approximate surface area is 122 Å². The summed E-state index contributed by atoms with van der Waals surface area (Å²) in [5.41, 5.74) is 1.83. The average molecular weight is 287 g/mol. The molecule has 1 aromatic heterocycles. The molecule has 0 saturated carbocycles. The fraction of sp³-hybridized carbons (Fsp3) is 0.267. The lowest BCUT2D eigenvalue weighted by molar-refractivity contribution is -0.144. The molecule has 2 rings (SSSR count). The highest BCUT2D eigenvalue weighted by Gasteiger charge is 2.15. The summed E-state index contributed by atoms with van der Waals surface area (Å²) in [5.74, 6) is -1.24. The molecule has 2 aromatic rings. The molecule has 0 unspecified atom stereocenters. The summed E-state index contributed by atoms with van der Waals surface area (Å²) in [6.45, 7) is 3.93. The van der Waals surface area contributed by atoms with E-state index >= 15 is 0 Å². The van der Waals surface area contributed by atoms with Crippen molar-refractivity contribution in [1.29, 1.82) is 0 Å². The fourth-order valence-electron chi connectivity index (χ4n) is 2.14. The first kappa shape index (κ1) is 14.8. The molecular weight excluding hydrogens is 270 g/mol. The number of hydrogen-bond acceptors (Lipinski definition) is 3. The van der Waals surface area contributed by atoms with Crippen molar-refractivity contribution in [3.05, 3.63) is 43.2 Å². The molecule has 1 heterocycles. The lowest BCUT2D eigenvalue weighted by Gasteiger charge is -2.18. The van der Waals surface area contributed by atoms with Crippen molar-refractivity contribution in [3.63, 3.8) is 0 Å². The minimum atomic E-state index is -1.03. The van der Waals surface area contributed by atoms with Crippen molar-refractivity contribution >= 4 is 22.9 Å². The van der Waals surface area contributed by atoms with Crippen molar-refractivity contribution in [2.75, 3.05) is 13.1 Å². The van der Waals surface area contributed by atoms with Crippen LogP contribution in [0.15, 0.2) is 43.2 Å². The summed E-state index contributed by atoms with van der Waals surface area (Å²) in [6, 6.07) is 7.66. The largest absolute Gasteiger partial charge is 0.480 e. The average Bonchev–Trinajstić information content (AvgIpc) is 2.87. The van der Waals surface area contributed by atoms with E-state index in [0.717, 1.165) is 11.0 Å². The number of fused-ring (bicyclic) bond motifs is 1. The number of benzene rings is 1. The van der Waals surface area contributed by atoms with E-state index in [4.69, 9.17) is 5.11 Å². The second-order valence-electron chi connectivity index (χ2n) is 4.63. The number of carbonyl (C=O) groups excluding carboxylic acids is 1. The molecule has 0 atom stereocenters. The number of nitrogens with zero attached hydrogens (tertiary/aromatic N) is 3. The van der Waals surface area contributed by atoms with Crippen LogP contribution < -0.4 is 0 Å². The minimum Gasteiger partial charge on any atom is -0.480 e. The molecule has 0 fully saturated rings. The summed E-state index contributed by atoms with van der Waals surface area (Å²) in [6.07, 6.45) is 3.43. The molecule has 1 amide bonds. The van der Waals surface area contributed by atoms with E-state index in [1.807, 2.05) is 28.8 Å². The van der Waals surface area contributed by atoms with Gasteiger partial charge in [-0.3, -0.25) is 9.59 Å². The van der Waals surface area contributed by atoms with Gasteiger partial charge in [-0.15, -0.1) is 6.58 Å². The zero-order valence-electron chi connectivity index (χ0n) is 11.6. The van der Waals surface area contributed by atoms with Crippen LogP contribution in [0.5, 0.6) is 0 Å². The normalized spacial score (nSPS) is 10.5. The standard InChI is InChI=1S/C15H17N3O3/c1-2-8-17(10-15(20)21)14(19)7-9-18-11-16-12-5-3-4-6-13(12)18/h2-6,11H,1,7-10H2,(H,20,21). The number of aliphatic carboxylic acids is 1. The number of carboxylic acids is 1. The van der Waals surface area contributed by atoms with Gasteiger partial charge in [-0.1, -0.05) is 18.2 Å². The predicted molar refractivity (Wildman–Crippen MR) is 78.8 cm³/mol. The third kappa shape index (κ3) is 3.68. The fourth-order valence-corrected chi connectivity index (χ4v) is 2.14. The summed E-state index contributed by atoms with van der Waals surface area (Å²) in [7, 11) is 0. The van der Waals surface area contributed by atoms with Gasteiger partial charge in [0.2, 0.25) is 5.91 Å². The molecule has 6 heteroatoms. The van der Waals surface area contributed by atoms with Crippen LogP contribution in [0.3, 0.4) is 0 Å². The maximum absolute atomic E-state index is 12.1. The quantitative estimate of drug-likeness (QED) is 0.783. The van der Waals surface area contributed by atoms with Crippen LogP contribution in [-0.2, 0) is 16.1 Å². The summed E-state index contributed by atoms with van der Waals surface area (Å²) in [4.78, 5) is 28.4. The first-order valence-corrected chi connectivity index (χ1v) is 6.62. The second kappa shape index (κ2) is 6.69. The number of rotatable bonds is 7. The van der Waals surface area contributed by atoms with E-state index in [1.54, 1.807) is 6.33 Å². The highest BCUT2D eigenvalue weighted by molar-refractivity contribution is 5.81. The summed E-state index contributed by atoms with van der Waals surface area (Å²) >= 11 is 0. The van der Waals surface area contributed by atoms with Crippen LogP contribution >= 0.6 is 0 Å². The molecule has 0 radical (unpaired) electrons. The van der Waals surface area contributed by atoms with Crippen molar-refractivity contribution in [2.24, 2.45) is 0 Å². The maximum atomic E-state index is 12.1. The molecule has 1 N–H and O–H groups in total. The van der Waals surface area contributed by atoms with E-state index in [2.05, 4.69) is 11.6 Å². The smallest absolute Gasteiger partial charge is 0.323 e. The molecule has 110 valence electrons. The molecule has 1 aromatic carbocycles. The molecule has 0 aliphatic heterocycles. The Morgan fingerprint density at radius 3 is 2.86 bits per heavy atom. The van der Waals surface area contributed by atoms with Crippen LogP contribution in [-0.4, -0.2) is 44.5 Å². The Bertz CT molecular complexity index is 663. The first-order valence-electron chi connectivity index (χ1n) is 6.62. The second-order valence-corrected chi connectivity index (χ2v) is 4.63. The van der Waals surface area contributed by atoms with Gasteiger partial charge in [0.25, 0.3) is 0 Å². The van der Waals surface area contributed by atoms with Crippen molar-refractivity contribution in [2.45, 2.75) is 13.0 Å². The number of para-hydroxylation sites is 2. The van der Waals surface area contributed by atoms with Gasteiger partial charge >= 0.3 is 5.97 Å². The molecule has 0 spiro atoms.